The van der Waals surface area contributed by atoms with Crippen LogP contribution in [0.25, 0.3) is 0 Å². The third kappa shape index (κ3) is 3.06. The summed E-state index contributed by atoms with van der Waals surface area (Å²) in [5, 5.41) is 0. The Kier molecular flexibility index (Phi) is 4.54. The maximum atomic E-state index is 12.2. The van der Waals surface area contributed by atoms with Crippen LogP contribution in [0, 0.1) is 5.92 Å². The predicted octanol–water partition coefficient (Wildman–Crippen LogP) is 1.09. The molecule has 0 aliphatic carbocycles. The van der Waals surface area contributed by atoms with Crippen LogP contribution in [0.5, 0.6) is 0 Å². The van der Waals surface area contributed by atoms with Crippen LogP contribution in [0.1, 0.15) is 26.2 Å². The van der Waals surface area contributed by atoms with E-state index in [1.165, 1.54) is 12.8 Å². The van der Waals surface area contributed by atoms with Crippen molar-refractivity contribution in [2.45, 2.75) is 38.3 Å². The molecular weight excluding hydrogens is 218 g/mol. The fourth-order valence-corrected chi connectivity index (χ4v) is 2.74. The lowest BCUT2D eigenvalue weighted by Gasteiger charge is -2.35. The van der Waals surface area contributed by atoms with Crippen molar-refractivity contribution in [2.75, 3.05) is 33.4 Å². The number of morpholine rings is 1. The molecule has 0 saturated carbocycles. The van der Waals surface area contributed by atoms with Gasteiger partial charge in [0.25, 0.3) is 0 Å². The van der Waals surface area contributed by atoms with Crippen molar-refractivity contribution in [3.63, 3.8) is 0 Å². The highest BCUT2D eigenvalue weighted by atomic mass is 16.5. The molecule has 17 heavy (non-hydrogen) atoms. The van der Waals surface area contributed by atoms with Crippen molar-refractivity contribution in [2.24, 2.45) is 5.92 Å². The maximum absolute atomic E-state index is 12.2. The van der Waals surface area contributed by atoms with E-state index >= 15 is 0 Å². The van der Waals surface area contributed by atoms with E-state index in [0.717, 1.165) is 26.1 Å². The molecule has 0 aromatic rings. The Morgan fingerprint density at radius 3 is 3.18 bits per heavy atom. The van der Waals surface area contributed by atoms with Crippen molar-refractivity contribution in [3.8, 4) is 0 Å². The van der Waals surface area contributed by atoms with Gasteiger partial charge in [0, 0.05) is 32.2 Å². The number of rotatable bonds is 5. The summed E-state index contributed by atoms with van der Waals surface area (Å²) in [5.41, 5.74) is 0. The second kappa shape index (κ2) is 5.94. The first-order valence-electron chi connectivity index (χ1n) is 6.60. The number of carbonyl (C=O) groups is 1. The summed E-state index contributed by atoms with van der Waals surface area (Å²) >= 11 is 0. The molecule has 3 atom stereocenters. The molecule has 0 N–H and O–H groups in total. The zero-order valence-corrected chi connectivity index (χ0v) is 10.9. The molecule has 4 heteroatoms. The predicted molar refractivity (Wildman–Crippen MR) is 65.0 cm³/mol. The van der Waals surface area contributed by atoms with Gasteiger partial charge in [-0.3, -0.25) is 9.69 Å². The average Bonchev–Trinajstić information content (AvgIpc) is 2.81. The van der Waals surface area contributed by atoms with Crippen LogP contribution in [0.3, 0.4) is 0 Å². The van der Waals surface area contributed by atoms with Gasteiger partial charge >= 0.3 is 0 Å². The van der Waals surface area contributed by atoms with E-state index < -0.39 is 0 Å². The maximum Gasteiger partial charge on any atom is 0.165 e. The fourth-order valence-electron chi connectivity index (χ4n) is 2.74. The van der Waals surface area contributed by atoms with Crippen molar-refractivity contribution >= 4 is 5.78 Å². The Labute approximate surface area is 103 Å². The summed E-state index contributed by atoms with van der Waals surface area (Å²) in [5.74, 6) is 0.284. The Hall–Kier alpha value is -0.450. The van der Waals surface area contributed by atoms with Crippen LogP contribution >= 0.6 is 0 Å². The summed E-state index contributed by atoms with van der Waals surface area (Å²) in [4.78, 5) is 14.6. The smallest absolute Gasteiger partial charge is 0.165 e. The lowest BCUT2D eigenvalue weighted by Crippen LogP contribution is -2.50. The lowest BCUT2D eigenvalue weighted by atomic mass is 9.97. The van der Waals surface area contributed by atoms with Gasteiger partial charge in [0.05, 0.1) is 6.61 Å². The first-order chi connectivity index (χ1) is 8.22. The molecule has 2 rings (SSSR count). The van der Waals surface area contributed by atoms with Gasteiger partial charge < -0.3 is 9.47 Å². The molecule has 2 aliphatic rings. The van der Waals surface area contributed by atoms with E-state index in [1.54, 1.807) is 7.11 Å². The van der Waals surface area contributed by atoms with Crippen molar-refractivity contribution in [1.82, 2.24) is 4.90 Å². The fraction of sp³-hybridized carbons (Fsp3) is 0.923. The summed E-state index contributed by atoms with van der Waals surface area (Å²) in [6.07, 6.45) is 3.05. The average molecular weight is 241 g/mol. The van der Waals surface area contributed by atoms with E-state index in [0.29, 0.717) is 12.6 Å². The molecule has 4 nitrogen and oxygen atoms in total. The highest BCUT2D eigenvalue weighted by Crippen LogP contribution is 2.24. The molecule has 0 amide bonds. The molecule has 0 spiro atoms. The highest BCUT2D eigenvalue weighted by molar-refractivity contribution is 5.85. The standard InChI is InChI=1S/C13H23NO3/c1-10(5-7-16-2)13(15)12-8-14-6-3-4-11(14)9-17-12/h10-12H,3-9H2,1-2H3. The van der Waals surface area contributed by atoms with Crippen molar-refractivity contribution in [3.05, 3.63) is 0 Å². The summed E-state index contributed by atoms with van der Waals surface area (Å²) in [7, 11) is 1.67. The van der Waals surface area contributed by atoms with Crippen LogP contribution < -0.4 is 0 Å². The first kappa shape index (κ1) is 13.0. The van der Waals surface area contributed by atoms with Crippen LogP contribution in [0.15, 0.2) is 0 Å². The Morgan fingerprint density at radius 2 is 2.41 bits per heavy atom. The lowest BCUT2D eigenvalue weighted by molar-refractivity contribution is -0.142. The highest BCUT2D eigenvalue weighted by Gasteiger charge is 2.36. The number of carbonyl (C=O) groups excluding carboxylic acids is 1. The number of nitrogens with zero attached hydrogens (tertiary/aromatic N) is 1. The first-order valence-corrected chi connectivity index (χ1v) is 6.60. The second-order valence-electron chi connectivity index (χ2n) is 5.20. The number of ketones is 1. The van der Waals surface area contributed by atoms with Gasteiger partial charge in [-0.1, -0.05) is 6.92 Å². The second-order valence-corrected chi connectivity index (χ2v) is 5.20. The van der Waals surface area contributed by atoms with Gasteiger partial charge in [-0.2, -0.15) is 0 Å². The van der Waals surface area contributed by atoms with Crippen LogP contribution in [0.4, 0.5) is 0 Å². The molecule has 3 unspecified atom stereocenters. The molecule has 0 aromatic carbocycles. The zero-order valence-electron chi connectivity index (χ0n) is 10.9. The number of ether oxygens (including phenoxy) is 2. The monoisotopic (exact) mass is 241 g/mol. The summed E-state index contributed by atoms with van der Waals surface area (Å²) in [6, 6.07) is 0.563. The normalized spacial score (nSPS) is 31.2. The van der Waals surface area contributed by atoms with E-state index in [4.69, 9.17) is 9.47 Å². The van der Waals surface area contributed by atoms with Crippen LogP contribution in [0.2, 0.25) is 0 Å². The molecule has 2 aliphatic heterocycles. The van der Waals surface area contributed by atoms with Gasteiger partial charge in [0.1, 0.15) is 6.10 Å². The van der Waals surface area contributed by atoms with E-state index in [2.05, 4.69) is 4.90 Å². The quantitative estimate of drug-likeness (QED) is 0.722. The van der Waals surface area contributed by atoms with Gasteiger partial charge in [-0.05, 0) is 25.8 Å². The van der Waals surface area contributed by atoms with Crippen LogP contribution in [-0.2, 0) is 14.3 Å². The molecule has 0 bridgehead atoms. The Bertz CT molecular complexity index is 269. The molecule has 0 aromatic heterocycles. The number of Topliss-reactive ketones (excluding diaryl/α,β-unsaturated/α-hetero) is 1. The van der Waals surface area contributed by atoms with E-state index in [1.807, 2.05) is 6.92 Å². The number of methoxy groups -OCH3 is 1. The van der Waals surface area contributed by atoms with E-state index in [9.17, 15) is 4.79 Å². The third-order valence-corrected chi connectivity index (χ3v) is 3.95. The van der Waals surface area contributed by atoms with Crippen molar-refractivity contribution in [1.29, 1.82) is 0 Å². The minimum absolute atomic E-state index is 0.0408. The molecular formula is C13H23NO3. The number of fused-ring (bicyclic) bond motifs is 1. The number of hydrogen-bond acceptors (Lipinski definition) is 4. The van der Waals surface area contributed by atoms with Crippen LogP contribution in [-0.4, -0.2) is 56.2 Å². The molecule has 0 radical (unpaired) electrons. The number of hydrogen-bond donors (Lipinski definition) is 0. The third-order valence-electron chi connectivity index (χ3n) is 3.95. The molecule has 2 fully saturated rings. The molecule has 2 heterocycles. The SMILES string of the molecule is COCCC(C)C(=O)C1CN2CCCC2CO1. The minimum Gasteiger partial charge on any atom is -0.385 e. The minimum atomic E-state index is -0.212. The van der Waals surface area contributed by atoms with Gasteiger partial charge in [0.2, 0.25) is 0 Å². The molecule has 2 saturated heterocycles. The van der Waals surface area contributed by atoms with Gasteiger partial charge in [-0.25, -0.2) is 0 Å². The Morgan fingerprint density at radius 1 is 1.59 bits per heavy atom. The Balaban J connectivity index is 1.83. The zero-order chi connectivity index (χ0) is 12.3. The largest absolute Gasteiger partial charge is 0.385 e. The van der Waals surface area contributed by atoms with Gasteiger partial charge in [0.15, 0.2) is 5.78 Å². The molecule has 98 valence electrons. The topological polar surface area (TPSA) is 38.8 Å². The van der Waals surface area contributed by atoms with Gasteiger partial charge in [-0.15, -0.1) is 0 Å². The summed E-state index contributed by atoms with van der Waals surface area (Å²) in [6.45, 7) is 5.27. The summed E-state index contributed by atoms with van der Waals surface area (Å²) < 4.78 is 10.7. The van der Waals surface area contributed by atoms with E-state index in [-0.39, 0.29) is 17.8 Å². The van der Waals surface area contributed by atoms with Crippen molar-refractivity contribution < 1.29 is 14.3 Å².